The Morgan fingerprint density at radius 3 is 2.53 bits per heavy atom. The molecule has 1 fully saturated rings. The molecule has 1 saturated heterocycles. The Kier molecular flexibility index (Phi) is 7.65. The van der Waals surface area contributed by atoms with Crippen LogP contribution in [0.25, 0.3) is 0 Å². The number of hydrogen-bond donors (Lipinski definition) is 1. The summed E-state index contributed by atoms with van der Waals surface area (Å²) >= 11 is 0. The van der Waals surface area contributed by atoms with Gasteiger partial charge >= 0.3 is 6.09 Å². The van der Waals surface area contributed by atoms with Crippen molar-refractivity contribution in [2.45, 2.75) is 70.9 Å². The fourth-order valence-corrected chi connectivity index (χ4v) is 5.75. The number of hydrogen-bond acceptors (Lipinski definition) is 8. The minimum absolute atomic E-state index is 0.0387. The smallest absolute Gasteiger partial charge is 0.407 e. The van der Waals surface area contributed by atoms with E-state index in [4.69, 9.17) is 4.74 Å². The van der Waals surface area contributed by atoms with Gasteiger partial charge in [0.1, 0.15) is 23.0 Å². The van der Waals surface area contributed by atoms with Crippen LogP contribution in [-0.4, -0.2) is 76.3 Å². The molecule has 38 heavy (non-hydrogen) atoms. The zero-order valence-corrected chi connectivity index (χ0v) is 22.9. The van der Waals surface area contributed by atoms with E-state index in [0.29, 0.717) is 31.7 Å². The second kappa shape index (κ2) is 10.3. The van der Waals surface area contributed by atoms with Crippen LogP contribution in [0.5, 0.6) is 0 Å². The summed E-state index contributed by atoms with van der Waals surface area (Å²) in [6.45, 7) is 7.67. The third kappa shape index (κ3) is 6.38. The first-order valence-electron chi connectivity index (χ1n) is 12.3. The maximum absolute atomic E-state index is 15.0. The second-order valence-electron chi connectivity index (χ2n) is 11.0. The number of nitrogens with zero attached hydrogens (tertiary/aromatic N) is 4. The fraction of sp³-hybridized carbons (Fsp3) is 0.560. The van der Waals surface area contributed by atoms with E-state index in [1.165, 1.54) is 13.1 Å². The maximum atomic E-state index is 15.0. The van der Waals surface area contributed by atoms with Gasteiger partial charge in [0.05, 0.1) is 30.6 Å². The normalized spacial score (nSPS) is 22.8. The molecule has 0 unspecified atom stereocenters. The highest BCUT2D eigenvalue weighted by molar-refractivity contribution is 7.89. The van der Waals surface area contributed by atoms with Crippen molar-refractivity contribution in [3.8, 4) is 0 Å². The van der Waals surface area contributed by atoms with Gasteiger partial charge in [0, 0.05) is 43.0 Å². The molecular formula is C25H33F2N5O5S. The van der Waals surface area contributed by atoms with E-state index < -0.39 is 45.4 Å². The molecule has 3 atom stereocenters. The maximum Gasteiger partial charge on any atom is 0.407 e. The minimum atomic E-state index is -3.51. The fourth-order valence-electron chi connectivity index (χ4n) is 5.18. The van der Waals surface area contributed by atoms with Crippen LogP contribution in [0.2, 0.25) is 0 Å². The molecule has 2 aliphatic rings. The predicted octanol–water partition coefficient (Wildman–Crippen LogP) is 2.58. The van der Waals surface area contributed by atoms with Crippen LogP contribution in [0.4, 0.5) is 13.6 Å². The van der Waals surface area contributed by atoms with Crippen LogP contribution >= 0.6 is 0 Å². The standard InChI is InChI=1S/C25H33F2N5O5S/c1-15(33)10-31-13-18(30-11-16-12-32(38(5,35)36)29-22(16)14-30)9-21(28-24(34)37-25(2,3)4)23(31)19-8-17(26)6-7-20(19)27/h6-8,12,18,21,23H,9-11,13-14H2,1-5H3,(H,28,34)/t18-,21+,23-/m1/s1. The number of carbonyl (C=O) groups excluding carboxylic acids is 2. The van der Waals surface area contributed by atoms with Gasteiger partial charge in [-0.1, -0.05) is 0 Å². The molecule has 2 aliphatic heterocycles. The highest BCUT2D eigenvalue weighted by Crippen LogP contribution is 2.37. The van der Waals surface area contributed by atoms with E-state index in [1.54, 1.807) is 25.7 Å². The van der Waals surface area contributed by atoms with Crippen molar-refractivity contribution in [1.82, 2.24) is 24.3 Å². The lowest BCUT2D eigenvalue weighted by Gasteiger charge is -2.47. The molecule has 10 nitrogen and oxygen atoms in total. The Balaban J connectivity index is 1.66. The number of likely N-dealkylation sites (tertiary alicyclic amines) is 1. The molecule has 0 radical (unpaired) electrons. The number of aromatic nitrogens is 2. The molecule has 13 heteroatoms. The van der Waals surface area contributed by atoms with Crippen LogP contribution in [0.1, 0.15) is 57.0 Å². The Bertz CT molecular complexity index is 1320. The van der Waals surface area contributed by atoms with Crippen LogP contribution in [0, 0.1) is 11.6 Å². The molecule has 0 saturated carbocycles. The summed E-state index contributed by atoms with van der Waals surface area (Å²) in [5, 5.41) is 7.05. The molecule has 1 aromatic heterocycles. The SMILES string of the molecule is CC(=O)CN1C[C@H](N2Cc3cn(S(C)(=O)=O)nc3C2)C[C@H](NC(=O)OC(C)(C)C)[C@H]1c1cc(F)ccc1F. The van der Waals surface area contributed by atoms with Crippen LogP contribution in [0.15, 0.2) is 24.4 Å². The lowest BCUT2D eigenvalue weighted by Crippen LogP contribution is -2.59. The largest absolute Gasteiger partial charge is 0.444 e. The number of alkyl carbamates (subject to hydrolysis) is 1. The summed E-state index contributed by atoms with van der Waals surface area (Å²) in [6, 6.07) is 1.40. The zero-order chi connectivity index (χ0) is 28.0. The first kappa shape index (κ1) is 28.1. The van der Waals surface area contributed by atoms with E-state index in [2.05, 4.69) is 15.3 Å². The van der Waals surface area contributed by atoms with Crippen molar-refractivity contribution in [2.75, 3.05) is 19.3 Å². The summed E-state index contributed by atoms with van der Waals surface area (Å²) in [7, 11) is -3.51. The molecule has 4 rings (SSSR count). The van der Waals surface area contributed by atoms with E-state index in [9.17, 15) is 22.4 Å². The summed E-state index contributed by atoms with van der Waals surface area (Å²) in [4.78, 5) is 28.9. The van der Waals surface area contributed by atoms with E-state index in [0.717, 1.165) is 34.1 Å². The number of amides is 1. The average molecular weight is 554 g/mol. The van der Waals surface area contributed by atoms with Crippen molar-refractivity contribution in [1.29, 1.82) is 0 Å². The quantitative estimate of drug-likeness (QED) is 0.581. The van der Waals surface area contributed by atoms with E-state index in [1.807, 2.05) is 0 Å². The van der Waals surface area contributed by atoms with Gasteiger partial charge in [0.25, 0.3) is 10.0 Å². The molecule has 0 bridgehead atoms. The van der Waals surface area contributed by atoms with Gasteiger partial charge in [-0.15, -0.1) is 0 Å². The van der Waals surface area contributed by atoms with Crippen molar-refractivity contribution in [3.05, 3.63) is 52.9 Å². The van der Waals surface area contributed by atoms with Gasteiger partial charge in [0.2, 0.25) is 0 Å². The highest BCUT2D eigenvalue weighted by atomic mass is 32.2. The third-order valence-electron chi connectivity index (χ3n) is 6.59. The minimum Gasteiger partial charge on any atom is -0.444 e. The average Bonchev–Trinajstić information content (AvgIpc) is 3.33. The highest BCUT2D eigenvalue weighted by Gasteiger charge is 2.43. The van der Waals surface area contributed by atoms with Gasteiger partial charge in [-0.3, -0.25) is 14.6 Å². The van der Waals surface area contributed by atoms with Gasteiger partial charge < -0.3 is 10.1 Å². The van der Waals surface area contributed by atoms with Crippen molar-refractivity contribution < 1.29 is 31.5 Å². The molecule has 0 spiro atoms. The lowest BCUT2D eigenvalue weighted by molar-refractivity contribution is -0.119. The zero-order valence-electron chi connectivity index (χ0n) is 22.1. The molecule has 1 amide bonds. The van der Waals surface area contributed by atoms with Crippen LogP contribution in [-0.2, 0) is 32.6 Å². The van der Waals surface area contributed by atoms with Gasteiger partial charge in [0.15, 0.2) is 0 Å². The number of halogens is 2. The number of fused-ring (bicyclic) bond motifs is 1. The number of nitrogens with one attached hydrogen (secondary N) is 1. The second-order valence-corrected chi connectivity index (χ2v) is 12.9. The number of carbonyl (C=O) groups is 2. The molecular weight excluding hydrogens is 520 g/mol. The molecule has 1 N–H and O–H groups in total. The molecule has 3 heterocycles. The summed E-state index contributed by atoms with van der Waals surface area (Å²) < 4.78 is 59.4. The Hall–Kier alpha value is -2.90. The van der Waals surface area contributed by atoms with Crippen molar-refractivity contribution >= 4 is 21.9 Å². The topological polar surface area (TPSA) is 114 Å². The lowest BCUT2D eigenvalue weighted by atomic mass is 9.86. The predicted molar refractivity (Wildman–Crippen MR) is 135 cm³/mol. The van der Waals surface area contributed by atoms with E-state index in [-0.39, 0.29) is 23.9 Å². The van der Waals surface area contributed by atoms with Crippen molar-refractivity contribution in [2.24, 2.45) is 0 Å². The third-order valence-corrected chi connectivity index (χ3v) is 7.46. The number of benzene rings is 1. The molecule has 2 aromatic rings. The van der Waals surface area contributed by atoms with Crippen LogP contribution in [0.3, 0.4) is 0 Å². The van der Waals surface area contributed by atoms with Crippen LogP contribution < -0.4 is 5.32 Å². The number of piperidine rings is 1. The Morgan fingerprint density at radius 2 is 1.92 bits per heavy atom. The Labute approximate surface area is 221 Å². The number of ketones is 1. The summed E-state index contributed by atoms with van der Waals surface area (Å²) in [5.74, 6) is -1.44. The van der Waals surface area contributed by atoms with E-state index >= 15 is 4.39 Å². The molecule has 1 aromatic carbocycles. The first-order chi connectivity index (χ1) is 17.6. The monoisotopic (exact) mass is 553 g/mol. The molecule has 0 aliphatic carbocycles. The Morgan fingerprint density at radius 1 is 1.21 bits per heavy atom. The van der Waals surface area contributed by atoms with Crippen molar-refractivity contribution in [3.63, 3.8) is 0 Å². The number of Topliss-reactive ketones (excluding diaryl/α,β-unsaturated/α-hetero) is 1. The van der Waals surface area contributed by atoms with Gasteiger partial charge in [-0.2, -0.15) is 9.19 Å². The first-order valence-corrected chi connectivity index (χ1v) is 14.2. The van der Waals surface area contributed by atoms with Gasteiger partial charge in [-0.25, -0.2) is 22.0 Å². The number of ether oxygens (including phenoxy) is 1. The van der Waals surface area contributed by atoms with Gasteiger partial charge in [-0.05, 0) is 52.3 Å². The number of rotatable bonds is 6. The summed E-state index contributed by atoms with van der Waals surface area (Å²) in [6.07, 6.45) is 2.21. The summed E-state index contributed by atoms with van der Waals surface area (Å²) in [5.41, 5.74) is 0.659. The molecule has 208 valence electrons.